The second-order valence-corrected chi connectivity index (χ2v) is 22.3. The molecule has 0 spiro atoms. The van der Waals surface area contributed by atoms with Crippen LogP contribution in [0.1, 0.15) is 64.5 Å². The third kappa shape index (κ3) is 15.9. The van der Waals surface area contributed by atoms with E-state index < -0.39 is 84.4 Å². The van der Waals surface area contributed by atoms with Crippen LogP contribution in [0.4, 0.5) is 11.4 Å². The van der Waals surface area contributed by atoms with Crippen molar-refractivity contribution < 1.29 is 160 Å². The maximum Gasteiger partial charge on any atom is 1.00 e. The summed E-state index contributed by atoms with van der Waals surface area (Å²) in [7, 11) is -19.1. The van der Waals surface area contributed by atoms with E-state index in [1.165, 1.54) is 24.3 Å². The van der Waals surface area contributed by atoms with Gasteiger partial charge in [0.15, 0.2) is 12.3 Å². The fourth-order valence-electron chi connectivity index (χ4n) is 7.92. The number of amides is 3. The first kappa shape index (κ1) is 62.0. The van der Waals surface area contributed by atoms with Gasteiger partial charge < -0.3 is 28.4 Å². The first-order chi connectivity index (χ1) is 30.0. The molecule has 19 nitrogen and oxygen atoms in total. The number of allylic oxidation sites excluding steroid dienone is 8. The maximum absolute atomic E-state index is 12.6. The Morgan fingerprint density at radius 2 is 1.26 bits per heavy atom. The van der Waals surface area contributed by atoms with Gasteiger partial charge in [0.1, 0.15) is 30.4 Å². The van der Waals surface area contributed by atoms with Gasteiger partial charge >= 0.3 is 88.7 Å². The van der Waals surface area contributed by atoms with Gasteiger partial charge in [-0.15, -0.1) is 0 Å². The van der Waals surface area contributed by atoms with E-state index >= 15 is 0 Å². The third-order valence-electron chi connectivity index (χ3n) is 11.2. The van der Waals surface area contributed by atoms with Gasteiger partial charge in [-0.05, 0) is 80.7 Å². The molecule has 5 rings (SSSR count). The van der Waals surface area contributed by atoms with Crippen LogP contribution in [0, 0.1) is 0 Å². The summed E-state index contributed by atoms with van der Waals surface area (Å²) < 4.78 is 143. The molecule has 0 atom stereocenters. The quantitative estimate of drug-likeness (QED) is 0.0322. The molecule has 3 aliphatic rings. The molecule has 1 N–H and O–H groups in total. The number of nitrogens with zero attached hydrogens (tertiary/aromatic N) is 3. The number of carbonyl (C=O) groups excluding carboxylic acids is 3. The standard InChI is InChI=1S/C42H50N4O15S4.3Na/c1-41(2)32-27-30(64(56,57)58)15-17-34(32)44(23-25-62(50,51)52)36(41)12-7-10-29(9-5-6-14-38(47)43-21-22-46-39(48)19-20-40(46)49)11-8-13-37-42(3,4)33-28-31(65(59,60)61)16-18-35(33)45(37)24-26-63(53,54)55;;;/h7-8,10-13,15-20,27-28H,5-6,9,14,21-26H2,1-4H3,(H4-,43,47,50,51,52,53,54,55,56,57,58,59,60,61);;;/q;3*+1/p-3. The van der Waals surface area contributed by atoms with Crippen molar-refractivity contribution in [2.24, 2.45) is 0 Å². The minimum absolute atomic E-state index is 0. The first-order valence-corrected chi connectivity index (χ1v) is 26.0. The number of anilines is 1. The Kier molecular flexibility index (Phi) is 22.3. The van der Waals surface area contributed by atoms with Gasteiger partial charge in [-0.2, -0.15) is 4.58 Å². The van der Waals surface area contributed by atoms with Gasteiger partial charge in [0, 0.05) is 72.7 Å². The number of carbonyl (C=O) groups is 3. The van der Waals surface area contributed by atoms with E-state index in [0.717, 1.165) is 29.2 Å². The predicted octanol–water partition coefficient (Wildman–Crippen LogP) is -6.70. The molecule has 0 saturated heterocycles. The summed E-state index contributed by atoms with van der Waals surface area (Å²) in [6.07, 6.45) is 13.7. The van der Waals surface area contributed by atoms with Gasteiger partial charge in [-0.3, -0.25) is 19.3 Å². The van der Waals surface area contributed by atoms with Crippen LogP contribution in [0.25, 0.3) is 0 Å². The monoisotopic (exact) mass is 1040 g/mol. The largest absolute Gasteiger partial charge is 1.00 e. The minimum atomic E-state index is -4.86. The van der Waals surface area contributed by atoms with Crippen molar-refractivity contribution in [1.29, 1.82) is 0 Å². The molecule has 3 aliphatic heterocycles. The summed E-state index contributed by atoms with van der Waals surface area (Å²) >= 11 is 0. The number of benzene rings is 2. The number of nitrogens with one attached hydrogen (secondary N) is 1. The zero-order chi connectivity index (χ0) is 48.3. The molecular formula is C42H47N4Na3O15S4. The molecule has 26 heteroatoms. The second-order valence-electron chi connectivity index (χ2n) is 16.5. The van der Waals surface area contributed by atoms with Gasteiger partial charge in [0.25, 0.3) is 11.8 Å². The molecule has 0 saturated carbocycles. The number of rotatable bonds is 20. The number of imide groups is 1. The van der Waals surface area contributed by atoms with E-state index in [-0.39, 0.29) is 127 Å². The van der Waals surface area contributed by atoms with E-state index in [4.69, 9.17) is 0 Å². The van der Waals surface area contributed by atoms with Crippen LogP contribution in [-0.2, 0) is 65.7 Å². The Hall–Kier alpha value is -2.14. The Bertz CT molecular complexity index is 2930. The molecule has 3 amide bonds. The summed E-state index contributed by atoms with van der Waals surface area (Å²) in [5.74, 6) is -2.83. The average molecular weight is 1050 g/mol. The number of hydrogen-bond acceptors (Lipinski definition) is 16. The van der Waals surface area contributed by atoms with E-state index in [2.05, 4.69) is 5.32 Å². The molecule has 0 radical (unpaired) electrons. The Morgan fingerprint density at radius 1 is 0.706 bits per heavy atom. The SMILES string of the molecule is CC1(C)C(=CC=CC(=CC=CC2=[N+](CCS(=O)(=O)[O-])c3ccc(S(=O)(=O)[O-])cc3C2(C)C)CCCCC(=O)NCCN2C(=O)C=CC2=O)N(CCS(=O)(=O)[O-])c2ccc(S(=O)(=O)[O-])cc21.[Na+].[Na+].[Na+]. The van der Waals surface area contributed by atoms with Crippen LogP contribution in [0.2, 0.25) is 0 Å². The van der Waals surface area contributed by atoms with Gasteiger partial charge in [0.2, 0.25) is 11.6 Å². The Balaban J connectivity index is 0.00000529. The van der Waals surface area contributed by atoms with Crippen LogP contribution < -0.4 is 98.9 Å². The fourth-order valence-corrected chi connectivity index (χ4v) is 9.72. The number of fused-ring (bicyclic) bond motifs is 2. The smallest absolute Gasteiger partial charge is 0.748 e. The van der Waals surface area contributed by atoms with Crippen molar-refractivity contribution in [3.05, 3.63) is 107 Å². The molecule has 0 aliphatic carbocycles. The summed E-state index contributed by atoms with van der Waals surface area (Å²) in [6.45, 7) is 6.43. The van der Waals surface area contributed by atoms with Gasteiger partial charge in [-0.1, -0.05) is 38.2 Å². The van der Waals surface area contributed by atoms with Crippen LogP contribution >= 0.6 is 0 Å². The maximum atomic E-state index is 12.6. The van der Waals surface area contributed by atoms with Crippen LogP contribution in [-0.4, -0.2) is 122 Å². The molecule has 0 unspecified atom stereocenters. The van der Waals surface area contributed by atoms with E-state index in [0.29, 0.717) is 58.7 Å². The Labute approximate surface area is 463 Å². The first-order valence-electron chi connectivity index (χ1n) is 20.1. The molecule has 2 aromatic rings. The van der Waals surface area contributed by atoms with E-state index in [9.17, 15) is 66.3 Å². The molecule has 0 aromatic heterocycles. The zero-order valence-electron chi connectivity index (χ0n) is 38.8. The zero-order valence-corrected chi connectivity index (χ0v) is 48.0. The van der Waals surface area contributed by atoms with Crippen molar-refractivity contribution in [1.82, 2.24) is 10.2 Å². The van der Waals surface area contributed by atoms with Crippen LogP contribution in [0.15, 0.2) is 106 Å². The third-order valence-corrected chi connectivity index (χ3v) is 14.3. The molecular weight excluding hydrogens is 998 g/mol. The summed E-state index contributed by atoms with van der Waals surface area (Å²) in [4.78, 5) is 37.8. The van der Waals surface area contributed by atoms with Crippen molar-refractivity contribution in [3.63, 3.8) is 0 Å². The average Bonchev–Trinajstić information content (AvgIpc) is 3.70. The molecule has 3 heterocycles. The minimum Gasteiger partial charge on any atom is -0.748 e. The van der Waals surface area contributed by atoms with E-state index in [1.54, 1.807) is 73.6 Å². The Morgan fingerprint density at radius 3 is 1.84 bits per heavy atom. The molecule has 352 valence electrons. The van der Waals surface area contributed by atoms with Crippen molar-refractivity contribution in [2.75, 3.05) is 42.6 Å². The van der Waals surface area contributed by atoms with Crippen molar-refractivity contribution in [2.45, 2.75) is 74.0 Å². The second kappa shape index (κ2) is 24.5. The van der Waals surface area contributed by atoms with E-state index in [1.807, 2.05) is 0 Å². The summed E-state index contributed by atoms with van der Waals surface area (Å²) in [6, 6.07) is 7.37. The fraction of sp³-hybridized carbons (Fsp3) is 0.381. The van der Waals surface area contributed by atoms with Gasteiger partial charge in [0.05, 0.1) is 36.8 Å². The number of hydrogen-bond donors (Lipinski definition) is 1. The van der Waals surface area contributed by atoms with Crippen molar-refractivity contribution >= 4 is 75.3 Å². The summed E-state index contributed by atoms with van der Waals surface area (Å²) in [5, 5.41) is 2.68. The van der Waals surface area contributed by atoms with Crippen LogP contribution in [0.3, 0.4) is 0 Å². The van der Waals surface area contributed by atoms with Crippen molar-refractivity contribution in [3.8, 4) is 0 Å². The summed E-state index contributed by atoms with van der Waals surface area (Å²) in [5.41, 5.74) is 1.20. The topological polar surface area (TPSA) is 302 Å². The molecule has 2 aromatic carbocycles. The van der Waals surface area contributed by atoms with Crippen LogP contribution in [0.5, 0.6) is 0 Å². The molecule has 68 heavy (non-hydrogen) atoms. The molecule has 0 fully saturated rings. The predicted molar refractivity (Wildman–Crippen MR) is 233 cm³/mol. The molecule has 0 bridgehead atoms. The normalized spacial score (nSPS) is 17.4. The number of unbranched alkanes of at least 4 members (excludes halogenated alkanes) is 1. The van der Waals surface area contributed by atoms with Gasteiger partial charge in [-0.25, -0.2) is 33.7 Å².